The molecule has 0 saturated carbocycles. The number of nitrogens with one attached hydrogen (secondary N) is 2. The van der Waals surface area contributed by atoms with Crippen molar-refractivity contribution < 1.29 is 18.0 Å². The summed E-state index contributed by atoms with van der Waals surface area (Å²) in [5.41, 5.74) is 0.184. The summed E-state index contributed by atoms with van der Waals surface area (Å²) in [5, 5.41) is 15.8. The predicted molar refractivity (Wildman–Crippen MR) is 79.0 cm³/mol. The van der Waals surface area contributed by atoms with Crippen LogP contribution in [0.1, 0.15) is 15.9 Å². The smallest absolute Gasteiger partial charge is 0.322 e. The number of tetrazole rings is 1. The van der Waals surface area contributed by atoms with Gasteiger partial charge in [0.05, 0.1) is 5.56 Å². The van der Waals surface area contributed by atoms with E-state index in [-0.39, 0.29) is 5.69 Å². The van der Waals surface area contributed by atoms with Crippen LogP contribution in [-0.4, -0.2) is 26.5 Å². The highest BCUT2D eigenvalue weighted by molar-refractivity contribution is 6.04. The molecule has 122 valence electrons. The van der Waals surface area contributed by atoms with E-state index in [9.17, 15) is 18.0 Å². The second kappa shape index (κ2) is 6.11. The van der Waals surface area contributed by atoms with E-state index in [1.165, 1.54) is 24.3 Å². The van der Waals surface area contributed by atoms with E-state index in [0.717, 1.165) is 12.1 Å². The monoisotopic (exact) mass is 333 g/mol. The first-order valence-corrected chi connectivity index (χ1v) is 6.76. The van der Waals surface area contributed by atoms with Crippen molar-refractivity contribution in [3.8, 4) is 11.4 Å². The number of aromatic nitrogens is 4. The Kier molecular flexibility index (Phi) is 3.98. The van der Waals surface area contributed by atoms with Crippen LogP contribution in [0.3, 0.4) is 0 Å². The van der Waals surface area contributed by atoms with Crippen molar-refractivity contribution in [2.24, 2.45) is 0 Å². The van der Waals surface area contributed by atoms with Crippen LogP contribution in [0.4, 0.5) is 18.9 Å². The van der Waals surface area contributed by atoms with Crippen molar-refractivity contribution in [1.82, 2.24) is 20.6 Å². The number of H-pyrrole nitrogens is 1. The minimum absolute atomic E-state index is 0.0667. The highest BCUT2D eigenvalue weighted by atomic mass is 19.4. The number of hydrogen-bond donors (Lipinski definition) is 2. The van der Waals surface area contributed by atoms with Crippen LogP contribution in [0.15, 0.2) is 48.5 Å². The number of aromatic amines is 1. The summed E-state index contributed by atoms with van der Waals surface area (Å²) in [6, 6.07) is 10.7. The summed E-state index contributed by atoms with van der Waals surface area (Å²) in [7, 11) is 0. The molecule has 0 aliphatic carbocycles. The molecule has 1 aromatic heterocycles. The van der Waals surface area contributed by atoms with Gasteiger partial charge in [-0.05, 0) is 35.5 Å². The molecule has 9 heteroatoms. The summed E-state index contributed by atoms with van der Waals surface area (Å²) in [5.74, 6) is -0.145. The summed E-state index contributed by atoms with van der Waals surface area (Å²) in [4.78, 5) is 12.1. The predicted octanol–water partition coefficient (Wildman–Crippen LogP) is 3.14. The SMILES string of the molecule is O=C(Nc1cccc(C(F)(F)F)c1)c1ccc(-c2nn[nH]n2)cc1. The number of hydrogen-bond acceptors (Lipinski definition) is 4. The Morgan fingerprint density at radius 2 is 1.83 bits per heavy atom. The number of carbonyl (C=O) groups excluding carboxylic acids is 1. The third-order valence-electron chi connectivity index (χ3n) is 3.20. The lowest BCUT2D eigenvalue weighted by Gasteiger charge is -2.10. The Bertz CT molecular complexity index is 844. The van der Waals surface area contributed by atoms with E-state index >= 15 is 0 Å². The number of nitrogens with zero attached hydrogens (tertiary/aromatic N) is 3. The molecule has 2 N–H and O–H groups in total. The maximum absolute atomic E-state index is 12.7. The van der Waals surface area contributed by atoms with Gasteiger partial charge in [0.15, 0.2) is 0 Å². The molecule has 1 amide bonds. The van der Waals surface area contributed by atoms with Crippen LogP contribution >= 0.6 is 0 Å². The van der Waals surface area contributed by atoms with Gasteiger partial charge in [-0.15, -0.1) is 10.2 Å². The van der Waals surface area contributed by atoms with E-state index in [1.807, 2.05) is 0 Å². The maximum Gasteiger partial charge on any atom is 0.416 e. The zero-order valence-corrected chi connectivity index (χ0v) is 12.0. The quantitative estimate of drug-likeness (QED) is 0.771. The van der Waals surface area contributed by atoms with Gasteiger partial charge in [0.1, 0.15) is 0 Å². The molecular formula is C15H10F3N5O. The fourth-order valence-electron chi connectivity index (χ4n) is 2.03. The van der Waals surface area contributed by atoms with Gasteiger partial charge in [-0.25, -0.2) is 0 Å². The largest absolute Gasteiger partial charge is 0.416 e. The molecule has 0 saturated heterocycles. The fourth-order valence-corrected chi connectivity index (χ4v) is 2.03. The molecule has 3 aromatic rings. The van der Waals surface area contributed by atoms with Crippen LogP contribution in [0, 0.1) is 0 Å². The van der Waals surface area contributed by atoms with Gasteiger partial charge in [0.25, 0.3) is 5.91 Å². The third kappa shape index (κ3) is 3.40. The minimum Gasteiger partial charge on any atom is -0.322 e. The zero-order chi connectivity index (χ0) is 17.2. The number of carbonyl (C=O) groups is 1. The normalized spacial score (nSPS) is 11.3. The van der Waals surface area contributed by atoms with Crippen LogP contribution in [0.2, 0.25) is 0 Å². The average molecular weight is 333 g/mol. The van der Waals surface area contributed by atoms with Gasteiger partial charge in [-0.1, -0.05) is 18.2 Å². The van der Waals surface area contributed by atoms with E-state index in [0.29, 0.717) is 17.0 Å². The summed E-state index contributed by atoms with van der Waals surface area (Å²) >= 11 is 0. The molecule has 0 fully saturated rings. The summed E-state index contributed by atoms with van der Waals surface area (Å²) in [6.45, 7) is 0. The van der Waals surface area contributed by atoms with E-state index < -0.39 is 17.6 Å². The number of rotatable bonds is 3. The Balaban J connectivity index is 1.76. The number of amides is 1. The number of anilines is 1. The Morgan fingerprint density at radius 3 is 2.46 bits per heavy atom. The Hall–Kier alpha value is -3.23. The minimum atomic E-state index is -4.47. The molecule has 0 radical (unpaired) electrons. The van der Waals surface area contributed by atoms with Gasteiger partial charge in [0, 0.05) is 16.8 Å². The molecule has 1 heterocycles. The zero-order valence-electron chi connectivity index (χ0n) is 12.0. The summed E-state index contributed by atoms with van der Waals surface area (Å²) in [6.07, 6.45) is -4.47. The lowest BCUT2D eigenvalue weighted by atomic mass is 10.1. The molecule has 0 bridgehead atoms. The van der Waals surface area contributed by atoms with Crippen LogP contribution in [0.25, 0.3) is 11.4 Å². The van der Waals surface area contributed by atoms with Crippen LogP contribution in [-0.2, 0) is 6.18 Å². The molecule has 3 rings (SSSR count). The highest BCUT2D eigenvalue weighted by Gasteiger charge is 2.30. The van der Waals surface area contributed by atoms with Crippen molar-refractivity contribution in [3.05, 3.63) is 59.7 Å². The average Bonchev–Trinajstić information content (AvgIpc) is 3.09. The molecule has 6 nitrogen and oxygen atoms in total. The molecule has 0 aliphatic heterocycles. The van der Waals surface area contributed by atoms with E-state index in [1.54, 1.807) is 12.1 Å². The van der Waals surface area contributed by atoms with Gasteiger partial charge >= 0.3 is 6.18 Å². The molecular weight excluding hydrogens is 323 g/mol. The maximum atomic E-state index is 12.7. The fraction of sp³-hybridized carbons (Fsp3) is 0.0667. The van der Waals surface area contributed by atoms with E-state index in [2.05, 4.69) is 25.9 Å². The molecule has 0 unspecified atom stereocenters. The molecule has 0 spiro atoms. The first kappa shape index (κ1) is 15.7. The Morgan fingerprint density at radius 1 is 1.08 bits per heavy atom. The lowest BCUT2D eigenvalue weighted by Crippen LogP contribution is -2.13. The van der Waals surface area contributed by atoms with Gasteiger partial charge in [0.2, 0.25) is 5.82 Å². The Labute approximate surface area is 133 Å². The van der Waals surface area contributed by atoms with E-state index in [4.69, 9.17) is 0 Å². The number of halogens is 3. The van der Waals surface area contributed by atoms with Crippen molar-refractivity contribution in [2.75, 3.05) is 5.32 Å². The number of benzene rings is 2. The third-order valence-corrected chi connectivity index (χ3v) is 3.20. The van der Waals surface area contributed by atoms with Gasteiger partial charge in [-0.3, -0.25) is 4.79 Å². The van der Waals surface area contributed by atoms with Crippen LogP contribution < -0.4 is 5.32 Å². The molecule has 2 aromatic carbocycles. The first-order chi connectivity index (χ1) is 11.4. The summed E-state index contributed by atoms with van der Waals surface area (Å²) < 4.78 is 38.0. The van der Waals surface area contributed by atoms with Crippen molar-refractivity contribution in [3.63, 3.8) is 0 Å². The van der Waals surface area contributed by atoms with Gasteiger partial charge < -0.3 is 5.32 Å². The van der Waals surface area contributed by atoms with Gasteiger partial charge in [-0.2, -0.15) is 18.4 Å². The lowest BCUT2D eigenvalue weighted by molar-refractivity contribution is -0.137. The van der Waals surface area contributed by atoms with Crippen molar-refractivity contribution >= 4 is 11.6 Å². The second-order valence-corrected chi connectivity index (χ2v) is 4.85. The van der Waals surface area contributed by atoms with Crippen molar-refractivity contribution in [1.29, 1.82) is 0 Å². The number of alkyl halides is 3. The molecule has 0 aliphatic rings. The van der Waals surface area contributed by atoms with Crippen LogP contribution in [0.5, 0.6) is 0 Å². The second-order valence-electron chi connectivity index (χ2n) is 4.85. The van der Waals surface area contributed by atoms with Crippen molar-refractivity contribution in [2.45, 2.75) is 6.18 Å². The molecule has 24 heavy (non-hydrogen) atoms. The highest BCUT2D eigenvalue weighted by Crippen LogP contribution is 2.30. The topological polar surface area (TPSA) is 83.6 Å². The molecule has 0 atom stereocenters. The first-order valence-electron chi connectivity index (χ1n) is 6.76. The standard InChI is InChI=1S/C15H10F3N5O/c16-15(17,18)11-2-1-3-12(8-11)19-14(24)10-6-4-9(5-7-10)13-20-22-23-21-13/h1-8H,(H,19,24)(H,20,21,22,23).